The van der Waals surface area contributed by atoms with E-state index in [2.05, 4.69) is 15.6 Å². The molecule has 16 heavy (non-hydrogen) atoms. The highest BCUT2D eigenvalue weighted by molar-refractivity contribution is 5.80. The predicted molar refractivity (Wildman–Crippen MR) is 58.1 cm³/mol. The van der Waals surface area contributed by atoms with Crippen molar-refractivity contribution < 1.29 is 8.78 Å². The Hall–Kier alpha value is -1.65. The fraction of sp³-hybridized carbons (Fsp3) is 0.364. The average Bonchev–Trinajstić information content (AvgIpc) is 2.32. The van der Waals surface area contributed by atoms with Gasteiger partial charge in [-0.25, -0.2) is 8.78 Å². The second kappa shape index (κ2) is 4.92. The zero-order valence-corrected chi connectivity index (χ0v) is 8.76. The van der Waals surface area contributed by atoms with Gasteiger partial charge in [-0.1, -0.05) is 0 Å². The maximum atomic E-state index is 13.3. The Morgan fingerprint density at radius 2 is 2.25 bits per heavy atom. The second-order valence-corrected chi connectivity index (χ2v) is 3.60. The van der Waals surface area contributed by atoms with Gasteiger partial charge in [-0.05, 0) is 24.6 Å². The normalized spacial score (nSPS) is 15.2. The van der Waals surface area contributed by atoms with Crippen LogP contribution in [-0.4, -0.2) is 19.0 Å². The smallest absolute Gasteiger partial charge is 0.191 e. The largest absolute Gasteiger partial charge is 0.356 e. The predicted octanol–water partition coefficient (Wildman–Crippen LogP) is 1.40. The van der Waals surface area contributed by atoms with Crippen LogP contribution in [0.15, 0.2) is 23.2 Å². The minimum absolute atomic E-state index is 0.232. The van der Waals surface area contributed by atoms with E-state index in [0.717, 1.165) is 31.6 Å². The lowest BCUT2D eigenvalue weighted by molar-refractivity contribution is 0.580. The van der Waals surface area contributed by atoms with Crippen LogP contribution < -0.4 is 10.6 Å². The van der Waals surface area contributed by atoms with Gasteiger partial charge >= 0.3 is 0 Å². The van der Waals surface area contributed by atoms with Gasteiger partial charge in [0.25, 0.3) is 0 Å². The highest BCUT2D eigenvalue weighted by Gasteiger charge is 2.06. The van der Waals surface area contributed by atoms with Gasteiger partial charge in [0.15, 0.2) is 5.96 Å². The molecule has 0 radical (unpaired) electrons. The van der Waals surface area contributed by atoms with Gasteiger partial charge in [0.2, 0.25) is 0 Å². The summed E-state index contributed by atoms with van der Waals surface area (Å²) in [5, 5.41) is 5.98. The third kappa shape index (κ3) is 2.68. The number of hydrogen-bond acceptors (Lipinski definition) is 3. The minimum atomic E-state index is -0.434. The number of nitrogens with zero attached hydrogens (tertiary/aromatic N) is 1. The lowest BCUT2D eigenvalue weighted by Gasteiger charge is -2.16. The molecule has 0 aromatic heterocycles. The molecule has 0 atom stereocenters. The third-order valence-corrected chi connectivity index (χ3v) is 2.35. The molecule has 0 amide bonds. The number of benzene rings is 1. The van der Waals surface area contributed by atoms with Crippen molar-refractivity contribution in [3.63, 3.8) is 0 Å². The van der Waals surface area contributed by atoms with Crippen LogP contribution in [0.1, 0.15) is 12.0 Å². The molecule has 2 rings (SSSR count). The number of guanidine groups is 1. The Morgan fingerprint density at radius 1 is 1.38 bits per heavy atom. The van der Waals surface area contributed by atoms with Crippen LogP contribution in [0.4, 0.5) is 8.78 Å². The summed E-state index contributed by atoms with van der Waals surface area (Å²) in [6.45, 7) is 1.86. The van der Waals surface area contributed by atoms with Crippen molar-refractivity contribution in [3.05, 3.63) is 35.4 Å². The Kier molecular flexibility index (Phi) is 3.34. The molecule has 0 fully saturated rings. The van der Waals surface area contributed by atoms with E-state index in [9.17, 15) is 8.78 Å². The van der Waals surface area contributed by atoms with Gasteiger partial charge in [0.1, 0.15) is 11.6 Å². The Morgan fingerprint density at radius 3 is 3.00 bits per heavy atom. The second-order valence-electron chi connectivity index (χ2n) is 3.60. The SMILES string of the molecule is Fc1ccc(F)c(CNC2=NCCCN2)c1. The number of halogens is 2. The van der Waals surface area contributed by atoms with Crippen molar-refractivity contribution in [1.82, 2.24) is 10.6 Å². The Labute approximate surface area is 92.6 Å². The van der Waals surface area contributed by atoms with E-state index in [1.165, 1.54) is 6.07 Å². The molecule has 0 saturated heterocycles. The maximum absolute atomic E-state index is 13.3. The van der Waals surface area contributed by atoms with E-state index in [-0.39, 0.29) is 6.54 Å². The molecule has 5 heteroatoms. The van der Waals surface area contributed by atoms with E-state index in [4.69, 9.17) is 0 Å². The maximum Gasteiger partial charge on any atom is 0.191 e. The first-order chi connectivity index (χ1) is 7.75. The summed E-state index contributed by atoms with van der Waals surface area (Å²) in [4.78, 5) is 4.17. The molecule has 0 saturated carbocycles. The summed E-state index contributed by atoms with van der Waals surface area (Å²) in [6, 6.07) is 3.42. The van der Waals surface area contributed by atoms with Gasteiger partial charge in [-0.3, -0.25) is 4.99 Å². The van der Waals surface area contributed by atoms with E-state index in [1.807, 2.05) is 0 Å². The lowest BCUT2D eigenvalue weighted by Crippen LogP contribution is -2.40. The number of hydrogen-bond donors (Lipinski definition) is 2. The van der Waals surface area contributed by atoms with E-state index >= 15 is 0 Å². The van der Waals surface area contributed by atoms with Crippen molar-refractivity contribution >= 4 is 5.96 Å². The molecule has 1 aliphatic heterocycles. The van der Waals surface area contributed by atoms with Crippen LogP contribution in [0.25, 0.3) is 0 Å². The summed E-state index contributed by atoms with van der Waals surface area (Å²) in [5.74, 6) is -0.197. The molecular weight excluding hydrogens is 212 g/mol. The van der Waals surface area contributed by atoms with Gasteiger partial charge in [-0.15, -0.1) is 0 Å². The van der Waals surface area contributed by atoms with Crippen LogP contribution in [0.2, 0.25) is 0 Å². The summed E-state index contributed by atoms with van der Waals surface area (Å²) in [5.41, 5.74) is 0.301. The van der Waals surface area contributed by atoms with Crippen LogP contribution in [0.3, 0.4) is 0 Å². The molecule has 1 heterocycles. The fourth-order valence-corrected chi connectivity index (χ4v) is 1.51. The monoisotopic (exact) mass is 225 g/mol. The highest BCUT2D eigenvalue weighted by atomic mass is 19.1. The molecule has 0 aliphatic carbocycles. The van der Waals surface area contributed by atoms with Gasteiger partial charge in [0, 0.05) is 25.2 Å². The first kappa shape index (κ1) is 10.9. The Bertz CT molecular complexity index is 404. The van der Waals surface area contributed by atoms with Crippen LogP contribution in [0, 0.1) is 11.6 Å². The first-order valence-corrected chi connectivity index (χ1v) is 5.22. The van der Waals surface area contributed by atoms with Crippen molar-refractivity contribution in [3.8, 4) is 0 Å². The zero-order chi connectivity index (χ0) is 11.4. The van der Waals surface area contributed by atoms with Gasteiger partial charge in [0.05, 0.1) is 0 Å². The molecule has 0 unspecified atom stereocenters. The standard InChI is InChI=1S/C11H13F2N3/c12-9-2-3-10(13)8(6-9)7-16-11-14-4-1-5-15-11/h2-3,6H,1,4-5,7H2,(H2,14,15,16). The number of rotatable bonds is 2. The minimum Gasteiger partial charge on any atom is -0.356 e. The fourth-order valence-electron chi connectivity index (χ4n) is 1.51. The van der Waals surface area contributed by atoms with Crippen molar-refractivity contribution in [1.29, 1.82) is 0 Å². The Balaban J connectivity index is 1.98. The molecule has 1 aromatic carbocycles. The molecule has 0 spiro atoms. The highest BCUT2D eigenvalue weighted by Crippen LogP contribution is 2.09. The summed E-state index contributed by atoms with van der Waals surface area (Å²) >= 11 is 0. The molecule has 0 bridgehead atoms. The average molecular weight is 225 g/mol. The van der Waals surface area contributed by atoms with Crippen LogP contribution in [0.5, 0.6) is 0 Å². The van der Waals surface area contributed by atoms with Crippen molar-refractivity contribution in [2.75, 3.05) is 13.1 Å². The van der Waals surface area contributed by atoms with E-state index in [1.54, 1.807) is 0 Å². The van der Waals surface area contributed by atoms with Crippen LogP contribution in [-0.2, 0) is 6.54 Å². The summed E-state index contributed by atoms with van der Waals surface area (Å²) in [7, 11) is 0. The van der Waals surface area contributed by atoms with Gasteiger partial charge in [-0.2, -0.15) is 0 Å². The van der Waals surface area contributed by atoms with E-state index in [0.29, 0.717) is 11.5 Å². The molecule has 3 nitrogen and oxygen atoms in total. The molecule has 1 aliphatic rings. The molecular formula is C11H13F2N3. The molecule has 2 N–H and O–H groups in total. The topological polar surface area (TPSA) is 36.4 Å². The van der Waals surface area contributed by atoms with E-state index < -0.39 is 11.6 Å². The summed E-state index contributed by atoms with van der Waals surface area (Å²) in [6.07, 6.45) is 1.000. The molecule has 1 aromatic rings. The summed E-state index contributed by atoms with van der Waals surface area (Å²) < 4.78 is 26.1. The third-order valence-electron chi connectivity index (χ3n) is 2.35. The van der Waals surface area contributed by atoms with Gasteiger partial charge < -0.3 is 10.6 Å². The van der Waals surface area contributed by atoms with Crippen LogP contribution >= 0.6 is 0 Å². The lowest BCUT2D eigenvalue weighted by atomic mass is 10.2. The van der Waals surface area contributed by atoms with Crippen molar-refractivity contribution in [2.45, 2.75) is 13.0 Å². The zero-order valence-electron chi connectivity index (χ0n) is 8.76. The number of aliphatic imine (C=N–C) groups is 1. The quantitative estimate of drug-likeness (QED) is 0.798. The molecule has 86 valence electrons. The number of nitrogens with one attached hydrogen (secondary N) is 2. The van der Waals surface area contributed by atoms with Crippen molar-refractivity contribution in [2.24, 2.45) is 4.99 Å². The first-order valence-electron chi connectivity index (χ1n) is 5.22.